The Bertz CT molecular complexity index is 488. The lowest BCUT2D eigenvalue weighted by Crippen LogP contribution is -2.39. The zero-order valence-corrected chi connectivity index (χ0v) is 12.2. The first-order valence-electron chi connectivity index (χ1n) is 7.49. The molecule has 1 amide bonds. The highest BCUT2D eigenvalue weighted by Crippen LogP contribution is 2.20. The van der Waals surface area contributed by atoms with Crippen LogP contribution in [0, 0.1) is 5.82 Å². The smallest absolute Gasteiger partial charge is 0.254 e. The maximum absolute atomic E-state index is 14.2. The van der Waals surface area contributed by atoms with Crippen molar-refractivity contribution in [3.8, 4) is 0 Å². The molecule has 1 aliphatic carbocycles. The minimum atomic E-state index is -0.612. The molecule has 1 heterocycles. The summed E-state index contributed by atoms with van der Waals surface area (Å²) in [7, 11) is 0. The molecule has 1 aromatic rings. The van der Waals surface area contributed by atoms with Crippen molar-refractivity contribution in [2.75, 3.05) is 11.9 Å². The average Bonchev–Trinajstić information content (AvgIpc) is 2.48. The first-order valence-corrected chi connectivity index (χ1v) is 7.49. The van der Waals surface area contributed by atoms with E-state index in [9.17, 15) is 14.3 Å². The second-order valence-corrected chi connectivity index (χ2v) is 5.43. The van der Waals surface area contributed by atoms with Crippen LogP contribution in [0.5, 0.6) is 0 Å². The van der Waals surface area contributed by atoms with Crippen LogP contribution in [0.3, 0.4) is 0 Å². The number of anilines is 1. The minimum absolute atomic E-state index is 0.000478. The predicted molar refractivity (Wildman–Crippen MR) is 78.7 cm³/mol. The summed E-state index contributed by atoms with van der Waals surface area (Å²) >= 11 is 0. The van der Waals surface area contributed by atoms with Gasteiger partial charge in [0.15, 0.2) is 11.6 Å². The Morgan fingerprint density at radius 3 is 2.81 bits per heavy atom. The Morgan fingerprint density at radius 1 is 1.43 bits per heavy atom. The van der Waals surface area contributed by atoms with Crippen LogP contribution >= 0.6 is 0 Å². The van der Waals surface area contributed by atoms with Gasteiger partial charge in [0.2, 0.25) is 0 Å². The van der Waals surface area contributed by atoms with Gasteiger partial charge in [-0.1, -0.05) is 6.92 Å². The average molecular weight is 295 g/mol. The Labute approximate surface area is 124 Å². The van der Waals surface area contributed by atoms with Crippen molar-refractivity contribution in [3.63, 3.8) is 0 Å². The van der Waals surface area contributed by atoms with Crippen LogP contribution in [0.4, 0.5) is 10.2 Å². The van der Waals surface area contributed by atoms with Gasteiger partial charge in [0.25, 0.3) is 5.91 Å². The standard InChI is InChI=1S/C15H22FN3O2/c1-2-8-17-14-13(16)12(7-9-18-14)15(21)19-10-3-5-11(20)6-4-10/h7,9-11,20H,2-6,8H2,1H3,(H,17,18)(H,19,21). The summed E-state index contributed by atoms with van der Waals surface area (Å²) in [5.74, 6) is -0.918. The Hall–Kier alpha value is -1.69. The summed E-state index contributed by atoms with van der Waals surface area (Å²) < 4.78 is 14.2. The number of halogens is 1. The molecule has 1 saturated carbocycles. The number of aliphatic hydroxyl groups excluding tert-OH is 1. The maximum Gasteiger partial charge on any atom is 0.254 e. The summed E-state index contributed by atoms with van der Waals surface area (Å²) in [6, 6.07) is 1.39. The van der Waals surface area contributed by atoms with E-state index in [1.807, 2.05) is 6.92 Å². The molecule has 1 fully saturated rings. The topological polar surface area (TPSA) is 74.2 Å². The van der Waals surface area contributed by atoms with E-state index >= 15 is 0 Å². The fourth-order valence-electron chi connectivity index (χ4n) is 2.47. The molecule has 116 valence electrons. The molecule has 0 radical (unpaired) electrons. The van der Waals surface area contributed by atoms with Crippen LogP contribution in [-0.2, 0) is 0 Å². The second kappa shape index (κ2) is 7.36. The Kier molecular flexibility index (Phi) is 5.50. The zero-order valence-electron chi connectivity index (χ0n) is 12.2. The molecule has 1 aliphatic rings. The summed E-state index contributed by atoms with van der Waals surface area (Å²) in [6.07, 6.45) is 4.80. The van der Waals surface area contributed by atoms with Crippen LogP contribution < -0.4 is 10.6 Å². The maximum atomic E-state index is 14.2. The van der Waals surface area contributed by atoms with Crippen molar-refractivity contribution in [1.29, 1.82) is 0 Å². The first kappa shape index (κ1) is 15.7. The van der Waals surface area contributed by atoms with Gasteiger partial charge in [0.1, 0.15) is 0 Å². The van der Waals surface area contributed by atoms with Gasteiger partial charge in [-0.3, -0.25) is 4.79 Å². The lowest BCUT2D eigenvalue weighted by Gasteiger charge is -2.26. The van der Waals surface area contributed by atoms with Crippen molar-refractivity contribution in [2.24, 2.45) is 0 Å². The quantitative estimate of drug-likeness (QED) is 0.777. The summed E-state index contributed by atoms with van der Waals surface area (Å²) in [6.45, 7) is 2.58. The molecule has 3 N–H and O–H groups in total. The molecule has 0 bridgehead atoms. The fraction of sp³-hybridized carbons (Fsp3) is 0.600. The third-order valence-corrected chi connectivity index (χ3v) is 3.71. The number of carbonyl (C=O) groups excluding carboxylic acids is 1. The van der Waals surface area contributed by atoms with E-state index < -0.39 is 11.7 Å². The fourth-order valence-corrected chi connectivity index (χ4v) is 2.47. The van der Waals surface area contributed by atoms with Crippen molar-refractivity contribution in [3.05, 3.63) is 23.6 Å². The monoisotopic (exact) mass is 295 g/mol. The van der Waals surface area contributed by atoms with E-state index in [2.05, 4.69) is 15.6 Å². The van der Waals surface area contributed by atoms with Crippen LogP contribution in [-0.4, -0.2) is 34.7 Å². The number of amides is 1. The lowest BCUT2D eigenvalue weighted by atomic mass is 9.93. The number of carbonyl (C=O) groups is 1. The van der Waals surface area contributed by atoms with E-state index in [1.54, 1.807) is 0 Å². The third kappa shape index (κ3) is 4.14. The normalized spacial score (nSPS) is 21.9. The highest BCUT2D eigenvalue weighted by atomic mass is 19.1. The molecule has 5 nitrogen and oxygen atoms in total. The molecule has 1 aromatic heterocycles. The van der Waals surface area contributed by atoms with Gasteiger partial charge in [-0.25, -0.2) is 9.37 Å². The molecular formula is C15H22FN3O2. The molecule has 0 atom stereocenters. The first-order chi connectivity index (χ1) is 10.1. The van der Waals surface area contributed by atoms with Crippen molar-refractivity contribution < 1.29 is 14.3 Å². The van der Waals surface area contributed by atoms with E-state index in [0.29, 0.717) is 19.4 Å². The molecule has 0 unspecified atom stereocenters. The van der Waals surface area contributed by atoms with Crippen molar-refractivity contribution >= 4 is 11.7 Å². The highest BCUT2D eigenvalue weighted by Gasteiger charge is 2.23. The van der Waals surface area contributed by atoms with Gasteiger partial charge >= 0.3 is 0 Å². The number of pyridine rings is 1. The Morgan fingerprint density at radius 2 is 2.14 bits per heavy atom. The van der Waals surface area contributed by atoms with Gasteiger partial charge in [0.05, 0.1) is 11.7 Å². The number of hydrogen-bond acceptors (Lipinski definition) is 4. The van der Waals surface area contributed by atoms with Gasteiger partial charge < -0.3 is 15.7 Å². The Balaban J connectivity index is 2.01. The van der Waals surface area contributed by atoms with Crippen LogP contribution in [0.25, 0.3) is 0 Å². The summed E-state index contributed by atoms with van der Waals surface area (Å²) in [5, 5.41) is 15.2. The van der Waals surface area contributed by atoms with Gasteiger partial charge in [-0.05, 0) is 38.2 Å². The van der Waals surface area contributed by atoms with Crippen molar-refractivity contribution in [2.45, 2.75) is 51.2 Å². The molecule has 6 heteroatoms. The predicted octanol–water partition coefficient (Wildman–Crippen LogP) is 2.08. The third-order valence-electron chi connectivity index (χ3n) is 3.71. The summed E-state index contributed by atoms with van der Waals surface area (Å²) in [4.78, 5) is 16.1. The van der Waals surface area contributed by atoms with E-state index in [-0.39, 0.29) is 23.5 Å². The number of hydrogen-bond donors (Lipinski definition) is 3. The van der Waals surface area contributed by atoms with Gasteiger partial charge in [-0.2, -0.15) is 0 Å². The number of rotatable bonds is 5. The van der Waals surface area contributed by atoms with Crippen LogP contribution in [0.2, 0.25) is 0 Å². The number of nitrogens with one attached hydrogen (secondary N) is 2. The molecule has 2 rings (SSSR count). The molecule has 21 heavy (non-hydrogen) atoms. The van der Waals surface area contributed by atoms with Crippen molar-refractivity contribution in [1.82, 2.24) is 10.3 Å². The molecule has 0 aliphatic heterocycles. The largest absolute Gasteiger partial charge is 0.393 e. The van der Waals surface area contributed by atoms with E-state index in [0.717, 1.165) is 19.3 Å². The van der Waals surface area contributed by atoms with Gasteiger partial charge in [0, 0.05) is 18.8 Å². The van der Waals surface area contributed by atoms with Crippen LogP contribution in [0.15, 0.2) is 12.3 Å². The SMILES string of the molecule is CCCNc1nccc(C(=O)NC2CCC(O)CC2)c1F. The molecule has 0 spiro atoms. The number of nitrogens with zero attached hydrogens (tertiary/aromatic N) is 1. The lowest BCUT2D eigenvalue weighted by molar-refractivity contribution is 0.0864. The molecule has 0 saturated heterocycles. The zero-order chi connectivity index (χ0) is 15.2. The van der Waals surface area contributed by atoms with E-state index in [1.165, 1.54) is 12.3 Å². The van der Waals surface area contributed by atoms with E-state index in [4.69, 9.17) is 0 Å². The minimum Gasteiger partial charge on any atom is -0.393 e. The van der Waals surface area contributed by atoms with Crippen LogP contribution in [0.1, 0.15) is 49.4 Å². The molecule has 0 aromatic carbocycles. The highest BCUT2D eigenvalue weighted by molar-refractivity contribution is 5.95. The number of aliphatic hydroxyl groups is 1. The molecular weight excluding hydrogens is 273 g/mol. The number of aromatic nitrogens is 1. The second-order valence-electron chi connectivity index (χ2n) is 5.43. The van der Waals surface area contributed by atoms with Gasteiger partial charge in [-0.15, -0.1) is 0 Å². The summed E-state index contributed by atoms with van der Waals surface area (Å²) in [5.41, 5.74) is 0.00900.